The fraction of sp³-hybridized carbons (Fsp3) is 0.725. The largest absolute Gasteiger partial charge is 0.497 e. The van der Waals surface area contributed by atoms with Crippen molar-refractivity contribution < 1.29 is 19.4 Å². The van der Waals surface area contributed by atoms with Crippen LogP contribution in [0.2, 0.25) is 0 Å². The molecule has 242 valence electrons. The first kappa shape index (κ1) is 31.9. The molecule has 1 aromatic carbocycles. The highest BCUT2D eigenvalue weighted by molar-refractivity contribution is 5.87. The van der Waals surface area contributed by atoms with Gasteiger partial charge in [-0.25, -0.2) is 4.79 Å². The molecule has 0 unspecified atom stereocenters. The van der Waals surface area contributed by atoms with Gasteiger partial charge in [-0.2, -0.15) is 0 Å². The zero-order chi connectivity index (χ0) is 31.7. The number of methoxy groups -OCH3 is 1. The van der Waals surface area contributed by atoms with Gasteiger partial charge in [-0.1, -0.05) is 58.9 Å². The molecular formula is C40H58O4. The number of hydrogen-bond acceptors (Lipinski definition) is 4. The number of hydrogen-bond donors (Lipinski definition) is 1. The maximum atomic E-state index is 13.0. The van der Waals surface area contributed by atoms with Gasteiger partial charge in [0.05, 0.1) is 19.8 Å². The van der Waals surface area contributed by atoms with E-state index in [9.17, 15) is 9.90 Å². The molecule has 1 aromatic rings. The number of rotatable bonds is 6. The highest BCUT2D eigenvalue weighted by Crippen LogP contribution is 2.77. The molecule has 10 atom stereocenters. The van der Waals surface area contributed by atoms with Crippen molar-refractivity contribution in [1.82, 2.24) is 0 Å². The summed E-state index contributed by atoms with van der Waals surface area (Å²) in [6.07, 6.45) is 15.0. The molecule has 1 N–H and O–H groups in total. The Balaban J connectivity index is 1.25. The third-order valence-electron chi connectivity index (χ3n) is 15.2. The van der Waals surface area contributed by atoms with E-state index >= 15 is 0 Å². The summed E-state index contributed by atoms with van der Waals surface area (Å²) in [5.41, 5.74) is 3.13. The minimum Gasteiger partial charge on any atom is -0.497 e. The maximum Gasteiger partial charge on any atom is 0.330 e. The fourth-order valence-corrected chi connectivity index (χ4v) is 12.7. The van der Waals surface area contributed by atoms with Crippen molar-refractivity contribution in [2.24, 2.45) is 56.7 Å². The predicted octanol–water partition coefficient (Wildman–Crippen LogP) is 9.27. The van der Waals surface area contributed by atoms with Crippen molar-refractivity contribution in [3.8, 4) is 5.75 Å². The Morgan fingerprint density at radius 1 is 0.909 bits per heavy atom. The van der Waals surface area contributed by atoms with Crippen molar-refractivity contribution in [1.29, 1.82) is 0 Å². The average molecular weight is 603 g/mol. The summed E-state index contributed by atoms with van der Waals surface area (Å²) in [7, 11) is 1.66. The lowest BCUT2D eigenvalue weighted by Gasteiger charge is -2.73. The first-order valence-electron chi connectivity index (χ1n) is 17.5. The van der Waals surface area contributed by atoms with Crippen LogP contribution in [0.15, 0.2) is 42.5 Å². The molecule has 0 spiro atoms. The Morgan fingerprint density at radius 2 is 1.64 bits per heavy atom. The highest BCUT2D eigenvalue weighted by atomic mass is 16.5. The van der Waals surface area contributed by atoms with E-state index < -0.39 is 0 Å². The molecule has 4 nitrogen and oxygen atoms in total. The van der Waals surface area contributed by atoms with Gasteiger partial charge >= 0.3 is 5.97 Å². The molecule has 0 saturated heterocycles. The summed E-state index contributed by atoms with van der Waals surface area (Å²) in [5, 5.41) is 11.0. The van der Waals surface area contributed by atoms with E-state index in [0.717, 1.165) is 43.4 Å². The standard InChI is InChI=1S/C40H58O4/c1-26(2)29-17-22-40(25-44-34(42)16-11-27-9-12-28(43-8)13-10-27)24-23-38(6)30(35(29)40)14-15-32-37(5)20-19-33(41)36(3,4)31(37)18-21-39(32,38)7/h9-13,16,29-33,35,41H,1,14-15,17-25H2,2-8H3/b16-11+/t29-,30+,31+,32-,33-,35+,37-,38+,39-,40-/m0/s1. The van der Waals surface area contributed by atoms with Gasteiger partial charge in [-0.15, -0.1) is 0 Å². The second-order valence-electron chi connectivity index (χ2n) is 17.1. The first-order chi connectivity index (χ1) is 20.7. The minimum absolute atomic E-state index is 0.0179. The Kier molecular flexibility index (Phi) is 7.99. The second kappa shape index (κ2) is 11.0. The Morgan fingerprint density at radius 3 is 2.32 bits per heavy atom. The normalized spacial score (nSPS) is 44.2. The topological polar surface area (TPSA) is 55.8 Å². The summed E-state index contributed by atoms with van der Waals surface area (Å²) in [4.78, 5) is 13.0. The van der Waals surface area contributed by atoms with Gasteiger partial charge in [0, 0.05) is 11.5 Å². The van der Waals surface area contributed by atoms with E-state index in [-0.39, 0.29) is 39.1 Å². The van der Waals surface area contributed by atoms with Gasteiger partial charge in [-0.05, 0) is 146 Å². The van der Waals surface area contributed by atoms with Crippen LogP contribution in [0.3, 0.4) is 0 Å². The Labute approximate surface area is 267 Å². The zero-order valence-electron chi connectivity index (χ0n) is 28.6. The molecule has 5 fully saturated rings. The maximum absolute atomic E-state index is 13.0. The van der Waals surface area contributed by atoms with Crippen LogP contribution in [-0.2, 0) is 9.53 Å². The minimum atomic E-state index is -0.245. The van der Waals surface area contributed by atoms with E-state index in [1.54, 1.807) is 13.2 Å². The van der Waals surface area contributed by atoms with E-state index in [1.165, 1.54) is 37.7 Å². The third kappa shape index (κ3) is 4.66. The van der Waals surface area contributed by atoms with Crippen molar-refractivity contribution in [3.05, 3.63) is 48.1 Å². The van der Waals surface area contributed by atoms with Crippen molar-refractivity contribution in [2.45, 2.75) is 112 Å². The summed E-state index contributed by atoms with van der Waals surface area (Å²) >= 11 is 0. The monoisotopic (exact) mass is 602 g/mol. The number of benzene rings is 1. The lowest BCUT2D eigenvalue weighted by Crippen LogP contribution is -2.66. The zero-order valence-corrected chi connectivity index (χ0v) is 28.6. The molecular weight excluding hydrogens is 544 g/mol. The average Bonchev–Trinajstić information content (AvgIpc) is 3.38. The van der Waals surface area contributed by atoms with Crippen LogP contribution in [0.5, 0.6) is 5.75 Å². The smallest absolute Gasteiger partial charge is 0.330 e. The van der Waals surface area contributed by atoms with Crippen LogP contribution in [-0.4, -0.2) is 30.9 Å². The van der Waals surface area contributed by atoms with Gasteiger partial charge in [0.2, 0.25) is 0 Å². The summed E-state index contributed by atoms with van der Waals surface area (Å²) in [6.45, 7) is 19.9. The number of aliphatic hydroxyl groups excluding tert-OH is 1. The number of aliphatic hydroxyl groups is 1. The SMILES string of the molecule is C=C(C)[C@@H]1CC[C@@]2(COC(=O)/C=C/c3ccc(OC)cc3)CC[C@]3(C)[C@H](CC[C@H]4[C@@]5(C)CC[C@H](O)C(C)(C)[C@H]5CC[C@@]43C)[C@@H]12. The summed E-state index contributed by atoms with van der Waals surface area (Å²) in [5.74, 6) is 3.48. The quantitative estimate of drug-likeness (QED) is 0.200. The fourth-order valence-electron chi connectivity index (χ4n) is 12.7. The van der Waals surface area contributed by atoms with Gasteiger partial charge < -0.3 is 14.6 Å². The Bertz CT molecular complexity index is 1290. The molecule has 4 heteroatoms. The lowest BCUT2D eigenvalue weighted by atomic mass is 9.32. The highest BCUT2D eigenvalue weighted by Gasteiger charge is 2.71. The van der Waals surface area contributed by atoms with Gasteiger partial charge in [0.25, 0.3) is 0 Å². The van der Waals surface area contributed by atoms with Gasteiger partial charge in [0.15, 0.2) is 0 Å². The molecule has 0 aromatic heterocycles. The van der Waals surface area contributed by atoms with Crippen LogP contribution in [0.4, 0.5) is 0 Å². The predicted molar refractivity (Wildman–Crippen MR) is 178 cm³/mol. The van der Waals surface area contributed by atoms with E-state index in [0.29, 0.717) is 36.2 Å². The van der Waals surface area contributed by atoms with Gasteiger partial charge in [-0.3, -0.25) is 0 Å². The molecule has 0 bridgehead atoms. The molecule has 0 heterocycles. The van der Waals surface area contributed by atoms with E-state index in [4.69, 9.17) is 9.47 Å². The molecule has 0 radical (unpaired) electrons. The van der Waals surface area contributed by atoms with E-state index in [2.05, 4.69) is 48.1 Å². The number of esters is 1. The van der Waals surface area contributed by atoms with Crippen LogP contribution >= 0.6 is 0 Å². The first-order valence-corrected chi connectivity index (χ1v) is 17.5. The molecule has 5 aliphatic rings. The molecule has 44 heavy (non-hydrogen) atoms. The summed E-state index contributed by atoms with van der Waals surface area (Å²) < 4.78 is 11.4. The van der Waals surface area contributed by atoms with Crippen molar-refractivity contribution in [3.63, 3.8) is 0 Å². The molecule has 0 aliphatic heterocycles. The van der Waals surface area contributed by atoms with Crippen LogP contribution in [0, 0.1) is 56.7 Å². The number of ether oxygens (including phenoxy) is 2. The van der Waals surface area contributed by atoms with E-state index in [1.807, 2.05) is 30.3 Å². The van der Waals surface area contributed by atoms with Crippen molar-refractivity contribution >= 4 is 12.0 Å². The molecule has 6 rings (SSSR count). The number of carbonyl (C=O) groups excluding carboxylic acids is 1. The van der Waals surface area contributed by atoms with Gasteiger partial charge in [0.1, 0.15) is 5.75 Å². The Hall–Kier alpha value is -2.07. The van der Waals surface area contributed by atoms with Crippen LogP contribution < -0.4 is 4.74 Å². The number of carbonyl (C=O) groups is 1. The summed E-state index contributed by atoms with van der Waals surface area (Å²) in [6, 6.07) is 7.72. The molecule has 5 saturated carbocycles. The van der Waals surface area contributed by atoms with Crippen molar-refractivity contribution in [2.75, 3.05) is 13.7 Å². The molecule has 5 aliphatic carbocycles. The third-order valence-corrected chi connectivity index (χ3v) is 15.2. The number of fused-ring (bicyclic) bond motifs is 7. The second-order valence-corrected chi connectivity index (χ2v) is 17.1. The number of allylic oxidation sites excluding steroid dienone is 1. The molecule has 0 amide bonds. The van der Waals surface area contributed by atoms with Crippen LogP contribution in [0.1, 0.15) is 111 Å². The lowest BCUT2D eigenvalue weighted by molar-refractivity contribution is -0.249. The van der Waals surface area contributed by atoms with Crippen LogP contribution in [0.25, 0.3) is 6.08 Å².